The Morgan fingerprint density at radius 1 is 1.00 bits per heavy atom. The molecule has 3 aromatic rings. The number of aryl methyl sites for hydroxylation is 4. The maximum atomic E-state index is 13.3. The largest absolute Gasteiger partial charge is 0.438 e. The Morgan fingerprint density at radius 2 is 1.66 bits per heavy atom. The monoisotopic (exact) mass is 538 g/mol. The Kier molecular flexibility index (Phi) is 8.94. The zero-order chi connectivity index (χ0) is 28.3. The third-order valence-corrected chi connectivity index (χ3v) is 7.23. The minimum Gasteiger partial charge on any atom is -0.438 e. The maximum absolute atomic E-state index is 13.3. The van der Waals surface area contributed by atoms with Gasteiger partial charge in [0.1, 0.15) is 11.3 Å². The average Bonchev–Trinajstić information content (AvgIpc) is 2.80. The van der Waals surface area contributed by atoms with Crippen LogP contribution < -0.4 is 9.46 Å². The van der Waals surface area contributed by atoms with Crippen LogP contribution in [0, 0.1) is 20.8 Å². The fraction of sp³-hybridized carbons (Fsp3) is 0.414. The molecule has 0 aliphatic heterocycles. The Hall–Kier alpha value is -3.30. The van der Waals surface area contributed by atoms with E-state index in [1.54, 1.807) is 24.3 Å². The molecule has 1 amide bonds. The number of aromatic nitrogens is 2. The van der Waals surface area contributed by atoms with Crippen LogP contribution in [0.3, 0.4) is 0 Å². The molecule has 204 valence electrons. The van der Waals surface area contributed by atoms with E-state index in [1.807, 2.05) is 67.8 Å². The molecular weight excluding hydrogens is 500 g/mol. The topological polar surface area (TPSA) is 101 Å². The number of amides is 1. The average molecular weight is 539 g/mol. The van der Waals surface area contributed by atoms with Crippen molar-refractivity contribution < 1.29 is 17.9 Å². The first-order valence-corrected chi connectivity index (χ1v) is 14.1. The quantitative estimate of drug-likeness (QED) is 0.404. The molecule has 0 spiro atoms. The molecule has 0 unspecified atom stereocenters. The minimum atomic E-state index is -4.23. The molecule has 3 rings (SSSR count). The van der Waals surface area contributed by atoms with Crippen LogP contribution in [0.25, 0.3) is 0 Å². The molecule has 8 nitrogen and oxygen atoms in total. The van der Waals surface area contributed by atoms with E-state index in [2.05, 4.69) is 19.6 Å². The van der Waals surface area contributed by atoms with Gasteiger partial charge in [-0.05, 0) is 89.6 Å². The van der Waals surface area contributed by atoms with Crippen LogP contribution in [-0.4, -0.2) is 49.8 Å². The fourth-order valence-electron chi connectivity index (χ4n) is 4.09. The van der Waals surface area contributed by atoms with Crippen LogP contribution >= 0.6 is 0 Å². The third kappa shape index (κ3) is 7.39. The third-order valence-electron chi connectivity index (χ3n) is 6.00. The van der Waals surface area contributed by atoms with Gasteiger partial charge in [0.25, 0.3) is 15.9 Å². The molecule has 9 heteroatoms. The number of rotatable bonds is 9. The van der Waals surface area contributed by atoms with Gasteiger partial charge in [0.05, 0.1) is 0 Å². The highest BCUT2D eigenvalue weighted by atomic mass is 32.2. The number of nitrogens with one attached hydrogen (secondary N) is 1. The minimum absolute atomic E-state index is 0.0167. The van der Waals surface area contributed by atoms with E-state index in [4.69, 9.17) is 4.74 Å². The van der Waals surface area contributed by atoms with Crippen LogP contribution in [0.15, 0.2) is 47.5 Å². The summed E-state index contributed by atoms with van der Waals surface area (Å²) < 4.78 is 34.6. The number of nitrogens with zero attached hydrogens (tertiary/aromatic N) is 3. The van der Waals surface area contributed by atoms with E-state index < -0.39 is 15.9 Å². The molecule has 0 saturated carbocycles. The van der Waals surface area contributed by atoms with Crippen LogP contribution in [0.4, 0.5) is 0 Å². The van der Waals surface area contributed by atoms with Gasteiger partial charge in [-0.2, -0.15) is 8.42 Å². The summed E-state index contributed by atoms with van der Waals surface area (Å²) in [6.07, 6.45) is 1.46. The first kappa shape index (κ1) is 29.3. The van der Waals surface area contributed by atoms with E-state index >= 15 is 0 Å². The Morgan fingerprint density at radius 3 is 2.26 bits per heavy atom. The maximum Gasteiger partial charge on any atom is 0.281 e. The smallest absolute Gasteiger partial charge is 0.281 e. The van der Waals surface area contributed by atoms with Gasteiger partial charge in [0.2, 0.25) is 5.88 Å². The van der Waals surface area contributed by atoms with E-state index in [0.717, 1.165) is 29.7 Å². The molecule has 0 saturated heterocycles. The number of hydrogen-bond donors (Lipinski definition) is 1. The summed E-state index contributed by atoms with van der Waals surface area (Å²) in [6, 6.07) is 12.0. The number of benzene rings is 1. The van der Waals surface area contributed by atoms with Gasteiger partial charge in [0, 0.05) is 16.8 Å². The van der Waals surface area contributed by atoms with E-state index in [0.29, 0.717) is 23.6 Å². The van der Waals surface area contributed by atoms with Crippen molar-refractivity contribution in [3.05, 3.63) is 76.1 Å². The summed E-state index contributed by atoms with van der Waals surface area (Å²) >= 11 is 0. The summed E-state index contributed by atoms with van der Waals surface area (Å²) in [7, 11) is -0.269. The number of hydrogen-bond acceptors (Lipinski definition) is 7. The first-order valence-electron chi connectivity index (χ1n) is 12.6. The van der Waals surface area contributed by atoms with E-state index in [-0.39, 0.29) is 21.9 Å². The number of pyridine rings is 2. The molecule has 2 heterocycles. The second kappa shape index (κ2) is 11.6. The normalized spacial score (nSPS) is 12.0. The molecule has 1 aromatic carbocycles. The number of carbonyl (C=O) groups excluding carboxylic acids is 1. The van der Waals surface area contributed by atoms with E-state index in [1.165, 1.54) is 6.07 Å². The molecule has 0 fully saturated rings. The highest BCUT2D eigenvalue weighted by molar-refractivity contribution is 7.90. The zero-order valence-corrected chi connectivity index (χ0v) is 24.4. The van der Waals surface area contributed by atoms with Crippen LogP contribution in [-0.2, 0) is 21.9 Å². The van der Waals surface area contributed by atoms with Gasteiger partial charge >= 0.3 is 0 Å². The van der Waals surface area contributed by atoms with Crippen molar-refractivity contribution in [2.75, 3.05) is 20.6 Å². The van der Waals surface area contributed by atoms with Crippen LogP contribution in [0.5, 0.6) is 11.6 Å². The molecule has 1 N–H and O–H groups in total. The summed E-state index contributed by atoms with van der Waals surface area (Å²) in [4.78, 5) is 24.3. The van der Waals surface area contributed by atoms with Crippen molar-refractivity contribution in [2.45, 2.75) is 64.8 Å². The molecule has 0 aliphatic rings. The second-order valence-corrected chi connectivity index (χ2v) is 12.6. The Bertz CT molecular complexity index is 1400. The van der Waals surface area contributed by atoms with Crippen molar-refractivity contribution in [1.29, 1.82) is 0 Å². The number of ether oxygens (including phenoxy) is 1. The van der Waals surface area contributed by atoms with Gasteiger partial charge in [0.15, 0.2) is 5.03 Å². The summed E-state index contributed by atoms with van der Waals surface area (Å²) in [6.45, 7) is 12.7. The molecule has 0 bridgehead atoms. The summed E-state index contributed by atoms with van der Waals surface area (Å²) in [5.74, 6) is -0.209. The molecule has 0 atom stereocenters. The highest BCUT2D eigenvalue weighted by Gasteiger charge is 2.26. The second-order valence-electron chi connectivity index (χ2n) is 10.9. The number of sulfonamides is 1. The predicted octanol–water partition coefficient (Wildman–Crippen LogP) is 5.10. The Labute approximate surface area is 226 Å². The molecule has 0 radical (unpaired) electrons. The SMILES string of the molecule is Cc1cc(C)c(Oc2nc(C(C)(C)C)ccc2C(=O)NS(=O)(=O)c2cccc(CCCN(C)C)n2)c(C)c1. The van der Waals surface area contributed by atoms with Crippen LogP contribution in [0.1, 0.15) is 65.6 Å². The van der Waals surface area contributed by atoms with Crippen molar-refractivity contribution in [3.8, 4) is 11.6 Å². The lowest BCUT2D eigenvalue weighted by Gasteiger charge is -2.21. The molecular formula is C29H38N4O4S. The Balaban J connectivity index is 1.94. The van der Waals surface area contributed by atoms with Crippen molar-refractivity contribution in [2.24, 2.45) is 0 Å². The predicted molar refractivity (Wildman–Crippen MR) is 149 cm³/mol. The summed E-state index contributed by atoms with van der Waals surface area (Å²) in [5.41, 5.74) is 3.92. The fourth-order valence-corrected chi connectivity index (χ4v) is 5.04. The highest BCUT2D eigenvalue weighted by Crippen LogP contribution is 2.33. The van der Waals surface area contributed by atoms with Gasteiger partial charge < -0.3 is 9.64 Å². The lowest BCUT2D eigenvalue weighted by atomic mass is 9.91. The van der Waals surface area contributed by atoms with Gasteiger partial charge in [-0.1, -0.05) is 44.5 Å². The van der Waals surface area contributed by atoms with Crippen LogP contribution in [0.2, 0.25) is 0 Å². The van der Waals surface area contributed by atoms with Crippen molar-refractivity contribution in [1.82, 2.24) is 19.6 Å². The number of carbonyl (C=O) groups is 1. The standard InChI is InChI=1S/C29H38N4O4S/c1-19-17-20(2)26(21(3)18-19)37-28-23(14-15-24(31-28)29(4,5)6)27(34)32-38(35,36)25-13-9-11-22(30-25)12-10-16-33(7)8/h9,11,13-15,17-18H,10,12,16H2,1-8H3,(H,32,34). The van der Waals surface area contributed by atoms with E-state index in [9.17, 15) is 13.2 Å². The lowest BCUT2D eigenvalue weighted by molar-refractivity contribution is 0.0978. The summed E-state index contributed by atoms with van der Waals surface area (Å²) in [5, 5.41) is -0.208. The lowest BCUT2D eigenvalue weighted by Crippen LogP contribution is -2.32. The zero-order valence-electron chi connectivity index (χ0n) is 23.5. The molecule has 0 aliphatic carbocycles. The van der Waals surface area contributed by atoms with Gasteiger partial charge in [-0.3, -0.25) is 4.79 Å². The molecule has 38 heavy (non-hydrogen) atoms. The first-order chi connectivity index (χ1) is 17.7. The van der Waals surface area contributed by atoms with Crippen molar-refractivity contribution in [3.63, 3.8) is 0 Å². The van der Waals surface area contributed by atoms with Gasteiger partial charge in [-0.25, -0.2) is 14.7 Å². The van der Waals surface area contributed by atoms with Crippen molar-refractivity contribution >= 4 is 15.9 Å². The van der Waals surface area contributed by atoms with Gasteiger partial charge in [-0.15, -0.1) is 0 Å². The molecule has 2 aromatic heterocycles.